The molecule has 0 aromatic carbocycles. The van der Waals surface area contributed by atoms with Crippen LogP contribution in [0.4, 0.5) is 0 Å². The van der Waals surface area contributed by atoms with E-state index in [0.717, 1.165) is 43.7 Å². The van der Waals surface area contributed by atoms with Crippen molar-refractivity contribution in [1.82, 2.24) is 14.7 Å². The van der Waals surface area contributed by atoms with Crippen LogP contribution in [0.3, 0.4) is 0 Å². The van der Waals surface area contributed by atoms with Gasteiger partial charge in [-0.2, -0.15) is 10.4 Å². The number of halogens is 1. The Morgan fingerprint density at radius 3 is 2.94 bits per heavy atom. The van der Waals surface area contributed by atoms with E-state index in [1.54, 1.807) is 4.68 Å². The highest BCUT2D eigenvalue weighted by molar-refractivity contribution is 6.30. The minimum Gasteiger partial charge on any atom is -0.298 e. The van der Waals surface area contributed by atoms with Gasteiger partial charge in [-0.1, -0.05) is 11.6 Å². The molecule has 2 rings (SSSR count). The molecule has 1 aliphatic rings. The second kappa shape index (κ2) is 5.07. The molecule has 17 heavy (non-hydrogen) atoms. The van der Waals surface area contributed by atoms with Crippen LogP contribution in [0, 0.1) is 24.2 Å². The second-order valence-electron chi connectivity index (χ2n) is 4.68. The van der Waals surface area contributed by atoms with Crippen LogP contribution in [0.5, 0.6) is 0 Å². The molecule has 5 heteroatoms. The molecule has 4 nitrogen and oxygen atoms in total. The third-order valence-corrected chi connectivity index (χ3v) is 3.81. The maximum absolute atomic E-state index is 8.97. The molecule has 92 valence electrons. The Kier molecular flexibility index (Phi) is 3.70. The summed E-state index contributed by atoms with van der Waals surface area (Å²) in [5.74, 6) is 0.166. The van der Waals surface area contributed by atoms with Crippen molar-refractivity contribution in [3.63, 3.8) is 0 Å². The highest BCUT2D eigenvalue weighted by atomic mass is 35.5. The predicted octanol–water partition coefficient (Wildman–Crippen LogP) is 2.12. The van der Waals surface area contributed by atoms with Gasteiger partial charge in [-0.3, -0.25) is 9.58 Å². The van der Waals surface area contributed by atoms with Crippen molar-refractivity contribution in [2.45, 2.75) is 26.3 Å². The molecule has 2 heterocycles. The van der Waals surface area contributed by atoms with Crippen molar-refractivity contribution >= 4 is 11.6 Å². The Hall–Kier alpha value is -1.05. The molecule has 0 N–H and O–H groups in total. The second-order valence-corrected chi connectivity index (χ2v) is 5.04. The van der Waals surface area contributed by atoms with E-state index in [9.17, 15) is 0 Å². The van der Waals surface area contributed by atoms with Gasteiger partial charge in [0.15, 0.2) is 0 Å². The van der Waals surface area contributed by atoms with Gasteiger partial charge in [-0.25, -0.2) is 0 Å². The molecule has 1 aromatic heterocycles. The number of nitriles is 1. The Balaban J connectivity index is 2.08. The monoisotopic (exact) mass is 252 g/mol. The summed E-state index contributed by atoms with van der Waals surface area (Å²) in [7, 11) is 1.85. The zero-order valence-corrected chi connectivity index (χ0v) is 11.0. The number of hydrogen-bond donors (Lipinski definition) is 0. The number of aromatic nitrogens is 2. The van der Waals surface area contributed by atoms with E-state index in [-0.39, 0.29) is 5.92 Å². The third kappa shape index (κ3) is 2.62. The number of aryl methyl sites for hydroxylation is 2. The average molecular weight is 253 g/mol. The van der Waals surface area contributed by atoms with Gasteiger partial charge in [-0.05, 0) is 26.3 Å². The minimum absolute atomic E-state index is 0.166. The van der Waals surface area contributed by atoms with E-state index in [1.807, 2.05) is 14.0 Å². The quantitative estimate of drug-likeness (QED) is 0.810. The van der Waals surface area contributed by atoms with Crippen LogP contribution in [-0.4, -0.2) is 27.8 Å². The average Bonchev–Trinajstić information content (AvgIpc) is 2.56. The largest absolute Gasteiger partial charge is 0.298 e. The van der Waals surface area contributed by atoms with Gasteiger partial charge in [0, 0.05) is 25.7 Å². The molecular weight excluding hydrogens is 236 g/mol. The van der Waals surface area contributed by atoms with Crippen LogP contribution in [0.2, 0.25) is 5.15 Å². The van der Waals surface area contributed by atoms with Gasteiger partial charge in [-0.15, -0.1) is 0 Å². The zero-order valence-electron chi connectivity index (χ0n) is 10.3. The number of piperidine rings is 1. The van der Waals surface area contributed by atoms with Crippen molar-refractivity contribution in [2.75, 3.05) is 13.1 Å². The molecule has 0 spiro atoms. The van der Waals surface area contributed by atoms with Crippen LogP contribution in [0.15, 0.2) is 0 Å². The molecule has 1 saturated heterocycles. The van der Waals surface area contributed by atoms with Gasteiger partial charge in [0.2, 0.25) is 0 Å². The fraction of sp³-hybridized carbons (Fsp3) is 0.667. The fourth-order valence-corrected chi connectivity index (χ4v) is 2.62. The molecule has 0 aliphatic carbocycles. The Labute approximate surface area is 107 Å². The summed E-state index contributed by atoms with van der Waals surface area (Å²) in [4.78, 5) is 2.30. The molecule has 0 amide bonds. The van der Waals surface area contributed by atoms with Crippen molar-refractivity contribution in [2.24, 2.45) is 13.0 Å². The van der Waals surface area contributed by atoms with Crippen molar-refractivity contribution in [1.29, 1.82) is 5.26 Å². The molecular formula is C12H17ClN4. The maximum Gasteiger partial charge on any atom is 0.131 e. The molecule has 1 atom stereocenters. The van der Waals surface area contributed by atoms with E-state index >= 15 is 0 Å². The lowest BCUT2D eigenvalue weighted by Crippen LogP contribution is -2.34. The molecule has 1 unspecified atom stereocenters. The standard InChI is InChI=1S/C12H17ClN4/c1-9-11(12(13)16(2)15-9)8-17-5-3-4-10(6-14)7-17/h10H,3-5,7-8H2,1-2H3. The molecule has 1 aromatic rings. The number of nitrogens with zero attached hydrogens (tertiary/aromatic N) is 4. The molecule has 0 saturated carbocycles. The molecule has 1 aliphatic heterocycles. The van der Waals surface area contributed by atoms with Gasteiger partial charge in [0.25, 0.3) is 0 Å². The van der Waals surface area contributed by atoms with E-state index < -0.39 is 0 Å². The lowest BCUT2D eigenvalue weighted by Gasteiger charge is -2.29. The summed E-state index contributed by atoms with van der Waals surface area (Å²) in [6.45, 7) is 4.67. The van der Waals surface area contributed by atoms with Gasteiger partial charge in [0.1, 0.15) is 5.15 Å². The van der Waals surface area contributed by atoms with Crippen molar-refractivity contribution < 1.29 is 0 Å². The Morgan fingerprint density at radius 1 is 1.59 bits per heavy atom. The Morgan fingerprint density at radius 2 is 2.35 bits per heavy atom. The lowest BCUT2D eigenvalue weighted by molar-refractivity contribution is 0.192. The number of hydrogen-bond acceptors (Lipinski definition) is 3. The molecule has 0 bridgehead atoms. The summed E-state index contributed by atoms with van der Waals surface area (Å²) in [6.07, 6.45) is 2.11. The zero-order chi connectivity index (χ0) is 12.4. The fourth-order valence-electron chi connectivity index (χ4n) is 2.38. The summed E-state index contributed by atoms with van der Waals surface area (Å²) in [5, 5.41) is 14.0. The highest BCUT2D eigenvalue weighted by Gasteiger charge is 2.22. The van der Waals surface area contributed by atoms with Gasteiger partial charge < -0.3 is 0 Å². The SMILES string of the molecule is Cc1nn(C)c(Cl)c1CN1CCCC(C#N)C1. The van der Waals surface area contributed by atoms with Crippen molar-refractivity contribution in [3.05, 3.63) is 16.4 Å². The first-order chi connectivity index (χ1) is 8.11. The first kappa shape index (κ1) is 12.4. The molecule has 1 fully saturated rings. The predicted molar refractivity (Wildman–Crippen MR) is 66.6 cm³/mol. The van der Waals surface area contributed by atoms with Crippen LogP contribution in [0.1, 0.15) is 24.1 Å². The lowest BCUT2D eigenvalue weighted by atomic mass is 9.99. The highest BCUT2D eigenvalue weighted by Crippen LogP contribution is 2.23. The maximum atomic E-state index is 8.97. The smallest absolute Gasteiger partial charge is 0.131 e. The number of rotatable bonds is 2. The summed E-state index contributed by atoms with van der Waals surface area (Å²) >= 11 is 6.21. The first-order valence-corrected chi connectivity index (χ1v) is 6.29. The van der Waals surface area contributed by atoms with Crippen molar-refractivity contribution in [3.8, 4) is 6.07 Å². The van der Waals surface area contributed by atoms with Crippen LogP contribution < -0.4 is 0 Å². The van der Waals surface area contributed by atoms with Crippen LogP contribution in [0.25, 0.3) is 0 Å². The van der Waals surface area contributed by atoms with E-state index in [2.05, 4.69) is 16.1 Å². The van der Waals surface area contributed by atoms with Gasteiger partial charge in [0.05, 0.1) is 17.7 Å². The topological polar surface area (TPSA) is 44.9 Å². The van der Waals surface area contributed by atoms with E-state index in [0.29, 0.717) is 5.15 Å². The first-order valence-electron chi connectivity index (χ1n) is 5.91. The Bertz CT molecular complexity index is 446. The third-order valence-electron chi connectivity index (χ3n) is 3.34. The van der Waals surface area contributed by atoms with Gasteiger partial charge >= 0.3 is 0 Å². The van der Waals surface area contributed by atoms with Crippen LogP contribution >= 0.6 is 11.6 Å². The molecule has 0 radical (unpaired) electrons. The number of likely N-dealkylation sites (tertiary alicyclic amines) is 1. The van der Waals surface area contributed by atoms with E-state index in [1.165, 1.54) is 0 Å². The van der Waals surface area contributed by atoms with Crippen LogP contribution in [-0.2, 0) is 13.6 Å². The minimum atomic E-state index is 0.166. The summed E-state index contributed by atoms with van der Waals surface area (Å²) in [5.41, 5.74) is 2.07. The summed E-state index contributed by atoms with van der Waals surface area (Å²) < 4.78 is 1.71. The summed E-state index contributed by atoms with van der Waals surface area (Å²) in [6, 6.07) is 2.36. The normalized spacial score (nSPS) is 21.4. The van der Waals surface area contributed by atoms with E-state index in [4.69, 9.17) is 16.9 Å².